The fraction of sp³-hybridized carbons (Fsp3) is 0.667. The predicted octanol–water partition coefficient (Wildman–Crippen LogP) is 3.46. The molecule has 2 rings (SSSR count). The minimum Gasteiger partial charge on any atom is -0.309 e. The monoisotopic (exact) mass is 241 g/mol. The van der Waals surface area contributed by atoms with Crippen LogP contribution in [0.5, 0.6) is 0 Å². The minimum absolute atomic E-state index is 0.522. The number of aryl methyl sites for hydroxylation is 1. The maximum absolute atomic E-state index is 3.65. The van der Waals surface area contributed by atoms with E-state index in [0.717, 1.165) is 5.92 Å². The van der Waals surface area contributed by atoms with Crippen molar-refractivity contribution in [1.29, 1.82) is 0 Å². The van der Waals surface area contributed by atoms with Crippen LogP contribution in [-0.4, -0.2) is 18.1 Å². The first-order valence-corrected chi connectivity index (χ1v) is 7.60. The molecule has 0 radical (unpaired) electrons. The lowest BCUT2D eigenvalue weighted by Crippen LogP contribution is -2.25. The fourth-order valence-corrected chi connectivity index (χ4v) is 4.06. The second-order valence-electron chi connectivity index (χ2n) is 4.31. The van der Waals surface area contributed by atoms with Crippen molar-refractivity contribution in [2.45, 2.75) is 26.3 Å². The van der Waals surface area contributed by atoms with Crippen LogP contribution in [0.25, 0.3) is 0 Å². The third-order valence-corrected chi connectivity index (χ3v) is 5.34. The normalized spacial score (nSPS) is 23.2. The molecule has 0 bridgehead atoms. The molecular formula is C12H19NS2. The molecule has 0 spiro atoms. The van der Waals surface area contributed by atoms with Gasteiger partial charge in [-0.25, -0.2) is 0 Å². The molecule has 1 aromatic rings. The molecular weight excluding hydrogens is 222 g/mol. The molecule has 2 heterocycles. The van der Waals surface area contributed by atoms with Crippen molar-refractivity contribution in [2.75, 3.05) is 18.1 Å². The Morgan fingerprint density at radius 3 is 3.00 bits per heavy atom. The second-order valence-corrected chi connectivity index (χ2v) is 6.78. The van der Waals surface area contributed by atoms with Gasteiger partial charge in [0.05, 0.1) is 0 Å². The number of thiophene rings is 1. The Labute approximate surface area is 101 Å². The maximum atomic E-state index is 3.65. The average molecular weight is 241 g/mol. The standard InChI is InChI=1S/C12H19NS2/c1-9-3-4-12(15-9)10(2)13-7-11-5-6-14-8-11/h3-4,10-11,13H,5-8H2,1-2H3. The summed E-state index contributed by atoms with van der Waals surface area (Å²) in [7, 11) is 0. The van der Waals surface area contributed by atoms with Gasteiger partial charge in [-0.2, -0.15) is 11.8 Å². The van der Waals surface area contributed by atoms with Gasteiger partial charge in [-0.3, -0.25) is 0 Å². The van der Waals surface area contributed by atoms with Gasteiger partial charge in [0.2, 0.25) is 0 Å². The van der Waals surface area contributed by atoms with Crippen molar-refractivity contribution in [3.63, 3.8) is 0 Å². The first-order valence-electron chi connectivity index (χ1n) is 5.63. The van der Waals surface area contributed by atoms with Crippen molar-refractivity contribution >= 4 is 23.1 Å². The molecule has 0 amide bonds. The molecule has 1 aliphatic rings. The van der Waals surface area contributed by atoms with Gasteiger partial charge in [-0.1, -0.05) is 0 Å². The van der Waals surface area contributed by atoms with Crippen molar-refractivity contribution < 1.29 is 0 Å². The van der Waals surface area contributed by atoms with Crippen LogP contribution in [-0.2, 0) is 0 Å². The third-order valence-electron chi connectivity index (χ3n) is 2.92. The van der Waals surface area contributed by atoms with Crippen LogP contribution >= 0.6 is 23.1 Å². The van der Waals surface area contributed by atoms with Gasteiger partial charge >= 0.3 is 0 Å². The van der Waals surface area contributed by atoms with E-state index in [9.17, 15) is 0 Å². The summed E-state index contributed by atoms with van der Waals surface area (Å²) >= 11 is 4.01. The van der Waals surface area contributed by atoms with E-state index in [-0.39, 0.29) is 0 Å². The summed E-state index contributed by atoms with van der Waals surface area (Å²) in [5, 5.41) is 3.65. The molecule has 1 fully saturated rings. The summed E-state index contributed by atoms with van der Waals surface area (Å²) in [6.07, 6.45) is 1.40. The summed E-state index contributed by atoms with van der Waals surface area (Å²) in [4.78, 5) is 2.88. The Hall–Kier alpha value is 0.01000. The molecule has 15 heavy (non-hydrogen) atoms. The smallest absolute Gasteiger partial charge is 0.0386 e. The predicted molar refractivity (Wildman–Crippen MR) is 70.9 cm³/mol. The lowest BCUT2D eigenvalue weighted by Gasteiger charge is -2.15. The van der Waals surface area contributed by atoms with E-state index in [1.165, 1.54) is 34.2 Å². The summed E-state index contributed by atoms with van der Waals surface area (Å²) in [6.45, 7) is 5.63. The van der Waals surface area contributed by atoms with E-state index in [4.69, 9.17) is 0 Å². The first kappa shape index (κ1) is 11.5. The molecule has 2 atom stereocenters. The number of hydrogen-bond acceptors (Lipinski definition) is 3. The molecule has 84 valence electrons. The SMILES string of the molecule is Cc1ccc(C(C)NCC2CCSC2)s1. The van der Waals surface area contributed by atoms with E-state index in [0.29, 0.717) is 6.04 Å². The zero-order valence-corrected chi connectivity index (χ0v) is 11.1. The van der Waals surface area contributed by atoms with Crippen LogP contribution in [0.3, 0.4) is 0 Å². The highest BCUT2D eigenvalue weighted by molar-refractivity contribution is 7.99. The number of thioether (sulfide) groups is 1. The highest BCUT2D eigenvalue weighted by Gasteiger charge is 2.16. The molecule has 0 aliphatic carbocycles. The van der Waals surface area contributed by atoms with Crippen LogP contribution in [0.15, 0.2) is 12.1 Å². The third kappa shape index (κ3) is 3.23. The Balaban J connectivity index is 1.79. The van der Waals surface area contributed by atoms with Crippen LogP contribution in [0.1, 0.15) is 29.1 Å². The van der Waals surface area contributed by atoms with Crippen molar-refractivity contribution in [2.24, 2.45) is 5.92 Å². The van der Waals surface area contributed by atoms with Crippen molar-refractivity contribution in [3.8, 4) is 0 Å². The van der Waals surface area contributed by atoms with Gasteiger partial charge in [0.15, 0.2) is 0 Å². The second kappa shape index (κ2) is 5.37. The van der Waals surface area contributed by atoms with E-state index in [1.807, 2.05) is 11.3 Å². The van der Waals surface area contributed by atoms with E-state index in [1.54, 1.807) is 0 Å². The number of hydrogen-bond donors (Lipinski definition) is 1. The summed E-state index contributed by atoms with van der Waals surface area (Å²) in [6, 6.07) is 4.99. The van der Waals surface area contributed by atoms with Gasteiger partial charge in [0.1, 0.15) is 0 Å². The topological polar surface area (TPSA) is 12.0 Å². The largest absolute Gasteiger partial charge is 0.309 e. The van der Waals surface area contributed by atoms with Gasteiger partial charge < -0.3 is 5.32 Å². The molecule has 0 aromatic carbocycles. The molecule has 1 N–H and O–H groups in total. The Bertz CT molecular complexity index is 302. The molecule has 1 nitrogen and oxygen atoms in total. The number of rotatable bonds is 4. The zero-order valence-electron chi connectivity index (χ0n) is 9.45. The van der Waals surface area contributed by atoms with Gasteiger partial charge in [0, 0.05) is 15.8 Å². The van der Waals surface area contributed by atoms with Gasteiger partial charge in [-0.15, -0.1) is 11.3 Å². The fourth-order valence-electron chi connectivity index (χ4n) is 1.87. The molecule has 3 heteroatoms. The van der Waals surface area contributed by atoms with E-state index in [2.05, 4.69) is 43.1 Å². The van der Waals surface area contributed by atoms with Crippen LogP contribution in [0, 0.1) is 12.8 Å². The Kier molecular flexibility index (Phi) is 4.12. The van der Waals surface area contributed by atoms with Gasteiger partial charge in [0.25, 0.3) is 0 Å². The minimum atomic E-state index is 0.522. The lowest BCUT2D eigenvalue weighted by atomic mass is 10.1. The van der Waals surface area contributed by atoms with E-state index >= 15 is 0 Å². The zero-order chi connectivity index (χ0) is 10.7. The van der Waals surface area contributed by atoms with Crippen LogP contribution in [0.4, 0.5) is 0 Å². The van der Waals surface area contributed by atoms with Crippen molar-refractivity contribution in [1.82, 2.24) is 5.32 Å². The average Bonchev–Trinajstić information content (AvgIpc) is 2.84. The quantitative estimate of drug-likeness (QED) is 0.866. The molecule has 1 aliphatic heterocycles. The highest BCUT2D eigenvalue weighted by Crippen LogP contribution is 2.25. The Morgan fingerprint density at radius 1 is 1.53 bits per heavy atom. The molecule has 1 saturated heterocycles. The molecule has 2 unspecified atom stereocenters. The van der Waals surface area contributed by atoms with Crippen LogP contribution < -0.4 is 5.32 Å². The molecule has 1 aromatic heterocycles. The van der Waals surface area contributed by atoms with Crippen molar-refractivity contribution in [3.05, 3.63) is 21.9 Å². The number of nitrogens with one attached hydrogen (secondary N) is 1. The summed E-state index contributed by atoms with van der Waals surface area (Å²) in [5.74, 6) is 3.61. The maximum Gasteiger partial charge on any atom is 0.0386 e. The Morgan fingerprint density at radius 2 is 2.40 bits per heavy atom. The molecule has 0 saturated carbocycles. The summed E-state index contributed by atoms with van der Waals surface area (Å²) in [5.41, 5.74) is 0. The van der Waals surface area contributed by atoms with Crippen LogP contribution in [0.2, 0.25) is 0 Å². The lowest BCUT2D eigenvalue weighted by molar-refractivity contribution is 0.481. The highest BCUT2D eigenvalue weighted by atomic mass is 32.2. The van der Waals surface area contributed by atoms with Gasteiger partial charge in [-0.05, 0) is 56.4 Å². The first-order chi connectivity index (χ1) is 7.25. The summed E-state index contributed by atoms with van der Waals surface area (Å²) < 4.78 is 0. The van der Waals surface area contributed by atoms with E-state index < -0.39 is 0 Å².